The van der Waals surface area contributed by atoms with Crippen LogP contribution in [0.25, 0.3) is 0 Å². The van der Waals surface area contributed by atoms with Crippen molar-refractivity contribution in [3.05, 3.63) is 54.1 Å². The number of hydrogen-bond donors (Lipinski definition) is 1. The molecule has 6 heteroatoms. The van der Waals surface area contributed by atoms with E-state index >= 15 is 0 Å². The zero-order valence-corrected chi connectivity index (χ0v) is 15.1. The van der Waals surface area contributed by atoms with Gasteiger partial charge in [0, 0.05) is 32.7 Å². The molecule has 1 aliphatic rings. The Kier molecular flexibility index (Phi) is 6.04. The van der Waals surface area contributed by atoms with E-state index in [0.29, 0.717) is 17.9 Å². The summed E-state index contributed by atoms with van der Waals surface area (Å²) in [5, 5.41) is 2.87. The van der Waals surface area contributed by atoms with Crippen LogP contribution < -0.4 is 15.1 Å². The molecule has 1 N–H and O–H groups in total. The number of carbonyl (C=O) groups is 1. The van der Waals surface area contributed by atoms with Gasteiger partial charge in [0.15, 0.2) is 0 Å². The summed E-state index contributed by atoms with van der Waals surface area (Å²) in [6.45, 7) is 5.85. The van der Waals surface area contributed by atoms with Crippen molar-refractivity contribution in [1.29, 1.82) is 0 Å². The molecule has 1 aromatic carbocycles. The third kappa shape index (κ3) is 4.31. The third-order valence-corrected chi connectivity index (χ3v) is 4.63. The van der Waals surface area contributed by atoms with Crippen molar-refractivity contribution in [3.8, 4) is 0 Å². The number of anilines is 2. The van der Waals surface area contributed by atoms with E-state index in [1.165, 1.54) is 6.07 Å². The molecule has 0 spiro atoms. The number of piperazine rings is 1. The van der Waals surface area contributed by atoms with Gasteiger partial charge in [0.05, 0.1) is 17.6 Å². The van der Waals surface area contributed by atoms with Crippen molar-refractivity contribution in [2.45, 2.75) is 19.8 Å². The minimum absolute atomic E-state index is 0.130. The van der Waals surface area contributed by atoms with Crippen molar-refractivity contribution >= 4 is 17.3 Å². The van der Waals surface area contributed by atoms with E-state index in [9.17, 15) is 9.18 Å². The van der Waals surface area contributed by atoms with E-state index in [-0.39, 0.29) is 11.7 Å². The molecule has 3 rings (SSSR count). The zero-order chi connectivity index (χ0) is 18.4. The third-order valence-electron chi connectivity index (χ3n) is 4.63. The van der Waals surface area contributed by atoms with Gasteiger partial charge in [-0.2, -0.15) is 0 Å². The Hall–Kier alpha value is -2.63. The molecule has 2 aromatic rings. The SMILES string of the molecule is CCCCNC(=O)c1ccc(N2CCN(c3ccccc3F)CC2)cn1. The molecule has 1 amide bonds. The van der Waals surface area contributed by atoms with Gasteiger partial charge in [0.2, 0.25) is 0 Å². The maximum absolute atomic E-state index is 13.9. The van der Waals surface area contributed by atoms with Crippen molar-refractivity contribution in [1.82, 2.24) is 10.3 Å². The molecule has 0 atom stereocenters. The highest BCUT2D eigenvalue weighted by Crippen LogP contribution is 2.22. The summed E-state index contributed by atoms with van der Waals surface area (Å²) in [5.74, 6) is -0.310. The predicted octanol–water partition coefficient (Wildman–Crippen LogP) is 3.08. The van der Waals surface area contributed by atoms with Crippen LogP contribution in [0.5, 0.6) is 0 Å². The number of nitrogens with zero attached hydrogens (tertiary/aromatic N) is 3. The van der Waals surface area contributed by atoms with Crippen LogP contribution in [-0.2, 0) is 0 Å². The number of benzene rings is 1. The predicted molar refractivity (Wildman–Crippen MR) is 102 cm³/mol. The first kappa shape index (κ1) is 18.2. The minimum atomic E-state index is -0.180. The van der Waals surface area contributed by atoms with Gasteiger partial charge in [0.1, 0.15) is 11.5 Å². The van der Waals surface area contributed by atoms with Crippen LogP contribution >= 0.6 is 0 Å². The van der Waals surface area contributed by atoms with Gasteiger partial charge in [-0.3, -0.25) is 4.79 Å². The summed E-state index contributed by atoms with van der Waals surface area (Å²) < 4.78 is 13.9. The fraction of sp³-hybridized carbons (Fsp3) is 0.400. The van der Waals surface area contributed by atoms with Crippen LogP contribution in [0.15, 0.2) is 42.6 Å². The van der Waals surface area contributed by atoms with Crippen LogP contribution in [0.1, 0.15) is 30.3 Å². The maximum Gasteiger partial charge on any atom is 0.269 e. The van der Waals surface area contributed by atoms with E-state index in [4.69, 9.17) is 0 Å². The van der Waals surface area contributed by atoms with Crippen molar-refractivity contribution in [2.24, 2.45) is 0 Å². The molecule has 2 heterocycles. The van der Waals surface area contributed by atoms with E-state index < -0.39 is 0 Å². The van der Waals surface area contributed by atoms with E-state index in [1.54, 1.807) is 18.3 Å². The average molecular weight is 356 g/mol. The molecule has 26 heavy (non-hydrogen) atoms. The number of pyridine rings is 1. The monoisotopic (exact) mass is 356 g/mol. The molecule has 1 fully saturated rings. The second kappa shape index (κ2) is 8.65. The molecule has 0 radical (unpaired) electrons. The molecule has 0 bridgehead atoms. The van der Waals surface area contributed by atoms with Crippen LogP contribution in [0, 0.1) is 5.82 Å². The quantitative estimate of drug-likeness (QED) is 0.808. The van der Waals surface area contributed by atoms with E-state index in [1.807, 2.05) is 18.2 Å². The average Bonchev–Trinajstić information content (AvgIpc) is 2.69. The van der Waals surface area contributed by atoms with E-state index in [0.717, 1.165) is 44.7 Å². The minimum Gasteiger partial charge on any atom is -0.367 e. The summed E-state index contributed by atoms with van der Waals surface area (Å²) in [7, 11) is 0. The number of aromatic nitrogens is 1. The van der Waals surface area contributed by atoms with Gasteiger partial charge in [0.25, 0.3) is 5.91 Å². The first-order valence-corrected chi connectivity index (χ1v) is 9.17. The lowest BCUT2D eigenvalue weighted by Gasteiger charge is -2.37. The molecule has 1 saturated heterocycles. The fourth-order valence-corrected chi connectivity index (χ4v) is 3.09. The largest absolute Gasteiger partial charge is 0.367 e. The summed E-state index contributed by atoms with van der Waals surface area (Å²) in [6, 6.07) is 10.6. The topological polar surface area (TPSA) is 48.5 Å². The van der Waals surface area contributed by atoms with Crippen molar-refractivity contribution in [3.63, 3.8) is 0 Å². The molecular formula is C20H25FN4O. The lowest BCUT2D eigenvalue weighted by atomic mass is 10.2. The molecule has 1 aromatic heterocycles. The van der Waals surface area contributed by atoms with Gasteiger partial charge in [-0.25, -0.2) is 9.37 Å². The first-order valence-electron chi connectivity index (χ1n) is 9.17. The second-order valence-corrected chi connectivity index (χ2v) is 6.44. The standard InChI is InChI=1S/C20H25FN4O/c1-2-3-10-22-20(26)18-9-8-16(15-23-18)24-11-13-25(14-12-24)19-7-5-4-6-17(19)21/h4-9,15H,2-3,10-14H2,1H3,(H,22,26). The molecule has 0 saturated carbocycles. The zero-order valence-electron chi connectivity index (χ0n) is 15.1. The molecular weight excluding hydrogens is 331 g/mol. The Morgan fingerprint density at radius 2 is 1.85 bits per heavy atom. The van der Waals surface area contributed by atoms with Crippen LogP contribution in [-0.4, -0.2) is 43.6 Å². The van der Waals surface area contributed by atoms with Crippen LogP contribution in [0.3, 0.4) is 0 Å². The Morgan fingerprint density at radius 1 is 1.12 bits per heavy atom. The highest BCUT2D eigenvalue weighted by atomic mass is 19.1. The lowest BCUT2D eigenvalue weighted by molar-refractivity contribution is 0.0948. The summed E-state index contributed by atoms with van der Waals surface area (Å²) in [4.78, 5) is 20.6. The van der Waals surface area contributed by atoms with Gasteiger partial charge in [-0.15, -0.1) is 0 Å². The van der Waals surface area contributed by atoms with Crippen LogP contribution in [0.4, 0.5) is 15.8 Å². The summed E-state index contributed by atoms with van der Waals surface area (Å²) in [6.07, 6.45) is 3.76. The summed E-state index contributed by atoms with van der Waals surface area (Å²) in [5.41, 5.74) is 2.09. The number of halogens is 1. The molecule has 5 nitrogen and oxygen atoms in total. The molecule has 0 unspecified atom stereocenters. The van der Waals surface area contributed by atoms with Gasteiger partial charge >= 0.3 is 0 Å². The second-order valence-electron chi connectivity index (χ2n) is 6.44. The van der Waals surface area contributed by atoms with Gasteiger partial charge in [-0.1, -0.05) is 25.5 Å². The number of nitrogens with one attached hydrogen (secondary N) is 1. The Balaban J connectivity index is 1.56. The number of unbranched alkanes of at least 4 members (excludes halogenated alkanes) is 1. The number of carbonyl (C=O) groups excluding carboxylic acids is 1. The molecule has 138 valence electrons. The number of para-hydroxylation sites is 1. The van der Waals surface area contributed by atoms with Crippen molar-refractivity contribution in [2.75, 3.05) is 42.5 Å². The Morgan fingerprint density at radius 3 is 2.50 bits per heavy atom. The van der Waals surface area contributed by atoms with E-state index in [2.05, 4.69) is 27.0 Å². The molecule has 0 aliphatic carbocycles. The highest BCUT2D eigenvalue weighted by Gasteiger charge is 2.20. The normalized spacial score (nSPS) is 14.4. The fourth-order valence-electron chi connectivity index (χ4n) is 3.09. The Bertz CT molecular complexity index is 727. The summed E-state index contributed by atoms with van der Waals surface area (Å²) >= 11 is 0. The van der Waals surface area contributed by atoms with Gasteiger partial charge in [-0.05, 0) is 30.7 Å². The first-order chi connectivity index (χ1) is 12.7. The maximum atomic E-state index is 13.9. The smallest absolute Gasteiger partial charge is 0.269 e. The van der Waals surface area contributed by atoms with Crippen LogP contribution in [0.2, 0.25) is 0 Å². The Labute approximate surface area is 153 Å². The number of amides is 1. The number of rotatable bonds is 6. The number of hydrogen-bond acceptors (Lipinski definition) is 4. The van der Waals surface area contributed by atoms with Gasteiger partial charge < -0.3 is 15.1 Å². The highest BCUT2D eigenvalue weighted by molar-refractivity contribution is 5.92. The van der Waals surface area contributed by atoms with Crippen molar-refractivity contribution < 1.29 is 9.18 Å². The lowest BCUT2D eigenvalue weighted by Crippen LogP contribution is -2.46. The molecule has 1 aliphatic heterocycles.